The molecule has 2 atom stereocenters. The first-order chi connectivity index (χ1) is 10.6. The molecule has 3 aliphatic heterocycles. The van der Waals surface area contributed by atoms with Crippen LogP contribution in [0.1, 0.15) is 25.7 Å². The number of hydrogen-bond donors (Lipinski definition) is 1. The molecule has 3 saturated heterocycles. The molecule has 0 radical (unpaired) electrons. The van der Waals surface area contributed by atoms with Crippen molar-refractivity contribution in [2.75, 3.05) is 46.4 Å². The van der Waals surface area contributed by atoms with Crippen molar-refractivity contribution in [2.45, 2.75) is 31.8 Å². The van der Waals surface area contributed by atoms with Gasteiger partial charge in [0.2, 0.25) is 11.8 Å². The van der Waals surface area contributed by atoms with Gasteiger partial charge in [-0.05, 0) is 45.3 Å². The molecule has 0 saturated carbocycles. The molecule has 0 bridgehead atoms. The largest absolute Gasteiger partial charge is 0.377 e. The van der Waals surface area contributed by atoms with Gasteiger partial charge in [0.15, 0.2) is 0 Å². The predicted molar refractivity (Wildman–Crippen MR) is 82.3 cm³/mol. The maximum atomic E-state index is 12.9. The fourth-order valence-corrected chi connectivity index (χ4v) is 3.92. The number of nitrogens with zero attached hydrogens (tertiary/aromatic N) is 2. The van der Waals surface area contributed by atoms with Gasteiger partial charge < -0.3 is 19.9 Å². The van der Waals surface area contributed by atoms with Crippen molar-refractivity contribution < 1.29 is 14.3 Å². The minimum Gasteiger partial charge on any atom is -0.377 e. The second-order valence-corrected chi connectivity index (χ2v) is 6.80. The van der Waals surface area contributed by atoms with Gasteiger partial charge in [-0.25, -0.2) is 0 Å². The normalized spacial score (nSPS) is 31.9. The number of piperidine rings is 1. The summed E-state index contributed by atoms with van der Waals surface area (Å²) in [6.07, 6.45) is 3.55. The summed E-state index contributed by atoms with van der Waals surface area (Å²) in [5.74, 6) is 0.726. The Balaban J connectivity index is 1.62. The third-order valence-corrected chi connectivity index (χ3v) is 5.31. The lowest BCUT2D eigenvalue weighted by Gasteiger charge is -2.35. The lowest BCUT2D eigenvalue weighted by molar-refractivity contribution is -0.138. The molecule has 3 fully saturated rings. The molecular weight excluding hydrogens is 282 g/mol. The van der Waals surface area contributed by atoms with Crippen molar-refractivity contribution in [1.82, 2.24) is 15.1 Å². The lowest BCUT2D eigenvalue weighted by atomic mass is 9.83. The highest BCUT2D eigenvalue weighted by Crippen LogP contribution is 2.34. The zero-order valence-electron chi connectivity index (χ0n) is 13.4. The maximum absolute atomic E-state index is 12.9. The van der Waals surface area contributed by atoms with Crippen molar-refractivity contribution in [2.24, 2.45) is 11.8 Å². The average molecular weight is 309 g/mol. The number of carbonyl (C=O) groups is 2. The smallest absolute Gasteiger partial charge is 0.228 e. The van der Waals surface area contributed by atoms with E-state index in [1.807, 2.05) is 4.90 Å². The molecular formula is C16H27N3O3. The zero-order valence-corrected chi connectivity index (χ0v) is 13.4. The van der Waals surface area contributed by atoms with Crippen molar-refractivity contribution >= 4 is 11.8 Å². The summed E-state index contributed by atoms with van der Waals surface area (Å²) >= 11 is 0. The summed E-state index contributed by atoms with van der Waals surface area (Å²) in [4.78, 5) is 28.5. The van der Waals surface area contributed by atoms with E-state index in [0.29, 0.717) is 38.6 Å². The fraction of sp³-hybridized carbons (Fsp3) is 0.875. The van der Waals surface area contributed by atoms with Crippen LogP contribution in [0.3, 0.4) is 0 Å². The average Bonchev–Trinajstić information content (AvgIpc) is 2.90. The first kappa shape index (κ1) is 15.7. The van der Waals surface area contributed by atoms with Gasteiger partial charge in [0.1, 0.15) is 0 Å². The Labute approximate surface area is 132 Å². The third-order valence-electron chi connectivity index (χ3n) is 5.31. The number of likely N-dealkylation sites (tertiary alicyclic amines) is 1. The molecule has 0 aromatic heterocycles. The lowest BCUT2D eigenvalue weighted by Crippen LogP contribution is -2.45. The first-order valence-corrected chi connectivity index (χ1v) is 8.51. The Morgan fingerprint density at radius 3 is 2.73 bits per heavy atom. The van der Waals surface area contributed by atoms with E-state index in [2.05, 4.69) is 17.3 Å². The highest BCUT2D eigenvalue weighted by atomic mass is 16.5. The predicted octanol–water partition coefficient (Wildman–Crippen LogP) is 0.0818. The summed E-state index contributed by atoms with van der Waals surface area (Å²) in [5.41, 5.74) is 0. The van der Waals surface area contributed by atoms with E-state index in [1.165, 1.54) is 0 Å². The number of amides is 2. The van der Waals surface area contributed by atoms with Gasteiger partial charge in [0.25, 0.3) is 0 Å². The van der Waals surface area contributed by atoms with E-state index in [0.717, 1.165) is 32.4 Å². The van der Waals surface area contributed by atoms with E-state index < -0.39 is 0 Å². The molecule has 22 heavy (non-hydrogen) atoms. The first-order valence-electron chi connectivity index (χ1n) is 8.51. The van der Waals surface area contributed by atoms with Crippen molar-refractivity contribution in [3.05, 3.63) is 0 Å². The van der Waals surface area contributed by atoms with Gasteiger partial charge in [0, 0.05) is 32.7 Å². The minimum atomic E-state index is -0.0124. The zero-order chi connectivity index (χ0) is 15.5. The van der Waals surface area contributed by atoms with E-state index in [-0.39, 0.29) is 23.8 Å². The SMILES string of the molecule is CN1CCC([C@H]2OCC[C@@H]2C(=O)N2CCNC(=O)CC2)CC1. The summed E-state index contributed by atoms with van der Waals surface area (Å²) in [7, 11) is 2.15. The molecule has 1 N–H and O–H groups in total. The molecule has 3 rings (SSSR count). The van der Waals surface area contributed by atoms with E-state index in [1.54, 1.807) is 0 Å². The topological polar surface area (TPSA) is 61.9 Å². The van der Waals surface area contributed by atoms with Gasteiger partial charge >= 0.3 is 0 Å². The Kier molecular flexibility index (Phi) is 4.98. The Morgan fingerprint density at radius 2 is 1.95 bits per heavy atom. The van der Waals surface area contributed by atoms with Crippen LogP contribution in [0.15, 0.2) is 0 Å². The summed E-state index contributed by atoms with van der Waals surface area (Å²) in [6, 6.07) is 0. The van der Waals surface area contributed by atoms with Gasteiger partial charge in [-0.3, -0.25) is 9.59 Å². The highest BCUT2D eigenvalue weighted by Gasteiger charge is 2.41. The monoisotopic (exact) mass is 309 g/mol. The van der Waals surface area contributed by atoms with Crippen LogP contribution in [0.2, 0.25) is 0 Å². The molecule has 0 aromatic carbocycles. The molecule has 6 heteroatoms. The van der Waals surface area contributed by atoms with Gasteiger partial charge in [-0.2, -0.15) is 0 Å². The number of hydrogen-bond acceptors (Lipinski definition) is 4. The van der Waals surface area contributed by atoms with Crippen LogP contribution in [0.25, 0.3) is 0 Å². The maximum Gasteiger partial charge on any atom is 0.228 e. The Hall–Kier alpha value is -1.14. The van der Waals surface area contributed by atoms with Gasteiger partial charge in [0.05, 0.1) is 12.0 Å². The van der Waals surface area contributed by atoms with Crippen LogP contribution in [0.5, 0.6) is 0 Å². The van der Waals surface area contributed by atoms with Crippen LogP contribution >= 0.6 is 0 Å². The number of ether oxygens (including phenoxy) is 1. The summed E-state index contributed by atoms with van der Waals surface area (Å²) < 4.78 is 5.96. The van der Waals surface area contributed by atoms with Crippen LogP contribution in [0, 0.1) is 11.8 Å². The van der Waals surface area contributed by atoms with Crippen LogP contribution in [-0.2, 0) is 14.3 Å². The van der Waals surface area contributed by atoms with Crippen molar-refractivity contribution in [3.63, 3.8) is 0 Å². The molecule has 124 valence electrons. The second kappa shape index (κ2) is 6.96. The quantitative estimate of drug-likeness (QED) is 0.785. The molecule has 3 heterocycles. The highest BCUT2D eigenvalue weighted by molar-refractivity contribution is 5.82. The Morgan fingerprint density at radius 1 is 1.18 bits per heavy atom. The molecule has 0 spiro atoms. The van der Waals surface area contributed by atoms with Gasteiger partial charge in [-0.15, -0.1) is 0 Å². The van der Waals surface area contributed by atoms with E-state index in [4.69, 9.17) is 4.74 Å². The molecule has 2 amide bonds. The van der Waals surface area contributed by atoms with Crippen molar-refractivity contribution in [3.8, 4) is 0 Å². The molecule has 0 aromatic rings. The third kappa shape index (κ3) is 3.43. The number of nitrogens with one attached hydrogen (secondary N) is 1. The van der Waals surface area contributed by atoms with Crippen LogP contribution < -0.4 is 5.32 Å². The van der Waals surface area contributed by atoms with Crippen molar-refractivity contribution in [1.29, 1.82) is 0 Å². The standard InChI is InChI=1S/C16H27N3O3/c1-18-7-2-12(3-8-18)15-13(5-11-22-15)16(21)19-9-4-14(20)17-6-10-19/h12-13,15H,2-11H2,1H3,(H,17,20)/t13-,15+/m0/s1. The summed E-state index contributed by atoms with van der Waals surface area (Å²) in [5, 5.41) is 2.83. The molecule has 0 unspecified atom stereocenters. The molecule has 0 aliphatic carbocycles. The van der Waals surface area contributed by atoms with Gasteiger partial charge in [-0.1, -0.05) is 0 Å². The number of carbonyl (C=O) groups excluding carboxylic acids is 2. The van der Waals surface area contributed by atoms with Crippen LogP contribution in [-0.4, -0.2) is 74.1 Å². The van der Waals surface area contributed by atoms with E-state index >= 15 is 0 Å². The summed E-state index contributed by atoms with van der Waals surface area (Å²) in [6.45, 7) is 4.61. The Bertz CT molecular complexity index is 421. The number of rotatable bonds is 2. The molecule has 3 aliphatic rings. The van der Waals surface area contributed by atoms with Crippen LogP contribution in [0.4, 0.5) is 0 Å². The fourth-order valence-electron chi connectivity index (χ4n) is 3.92. The second-order valence-electron chi connectivity index (χ2n) is 6.80. The minimum absolute atomic E-state index is 0.0124. The van der Waals surface area contributed by atoms with E-state index in [9.17, 15) is 9.59 Å². The molecule has 6 nitrogen and oxygen atoms in total.